The molecular weight excluding hydrogens is 232 g/mol. The molecular formula is C14H21ClN2. The van der Waals surface area contributed by atoms with Crippen molar-refractivity contribution in [1.29, 1.82) is 0 Å². The minimum absolute atomic E-state index is 0.583. The fourth-order valence-corrected chi connectivity index (χ4v) is 2.81. The zero-order valence-corrected chi connectivity index (χ0v) is 11.2. The van der Waals surface area contributed by atoms with Crippen molar-refractivity contribution in [1.82, 2.24) is 10.3 Å². The van der Waals surface area contributed by atoms with Crippen molar-refractivity contribution >= 4 is 11.6 Å². The second-order valence-corrected chi connectivity index (χ2v) is 5.44. The van der Waals surface area contributed by atoms with Gasteiger partial charge in [-0.25, -0.2) is 0 Å². The second-order valence-electron chi connectivity index (χ2n) is 5.03. The standard InChI is InChI=1S/C14H21ClN2/c1-11(12-5-3-2-4-6-12)17-9-13-7-8-16-10-14(13)15/h7-8,10-12,17H,2-6,9H2,1H3/t11-/m1/s1. The van der Waals surface area contributed by atoms with Gasteiger partial charge in [-0.3, -0.25) is 4.98 Å². The van der Waals surface area contributed by atoms with Crippen molar-refractivity contribution in [3.8, 4) is 0 Å². The number of nitrogens with zero attached hydrogens (tertiary/aromatic N) is 1. The molecule has 1 heterocycles. The van der Waals surface area contributed by atoms with Crippen molar-refractivity contribution in [3.63, 3.8) is 0 Å². The van der Waals surface area contributed by atoms with Gasteiger partial charge in [0.05, 0.1) is 5.02 Å². The van der Waals surface area contributed by atoms with E-state index < -0.39 is 0 Å². The second kappa shape index (κ2) is 6.36. The Kier molecular flexibility index (Phi) is 4.81. The first-order chi connectivity index (χ1) is 8.27. The van der Waals surface area contributed by atoms with Crippen LogP contribution in [0, 0.1) is 5.92 Å². The Morgan fingerprint density at radius 1 is 1.41 bits per heavy atom. The summed E-state index contributed by atoms with van der Waals surface area (Å²) >= 11 is 6.09. The van der Waals surface area contributed by atoms with Gasteiger partial charge in [0.1, 0.15) is 0 Å². The summed E-state index contributed by atoms with van der Waals surface area (Å²) in [5.41, 5.74) is 1.14. The summed E-state index contributed by atoms with van der Waals surface area (Å²) in [6, 6.07) is 2.57. The predicted octanol–water partition coefficient (Wildman–Crippen LogP) is 3.79. The molecule has 0 bridgehead atoms. The number of nitrogens with one attached hydrogen (secondary N) is 1. The average molecular weight is 253 g/mol. The molecule has 0 amide bonds. The Bertz CT molecular complexity index is 348. The smallest absolute Gasteiger partial charge is 0.0634 e. The normalized spacial score (nSPS) is 19.2. The molecule has 0 unspecified atom stereocenters. The molecule has 3 heteroatoms. The highest BCUT2D eigenvalue weighted by Gasteiger charge is 2.19. The minimum Gasteiger partial charge on any atom is -0.310 e. The number of rotatable bonds is 4. The van der Waals surface area contributed by atoms with Gasteiger partial charge < -0.3 is 5.32 Å². The number of aromatic nitrogens is 1. The van der Waals surface area contributed by atoms with Crippen LogP contribution >= 0.6 is 11.6 Å². The van der Waals surface area contributed by atoms with Crippen molar-refractivity contribution in [2.24, 2.45) is 5.92 Å². The molecule has 1 fully saturated rings. The summed E-state index contributed by atoms with van der Waals surface area (Å²) in [6.07, 6.45) is 10.5. The largest absolute Gasteiger partial charge is 0.310 e. The van der Waals surface area contributed by atoms with Gasteiger partial charge in [0.2, 0.25) is 0 Å². The third-order valence-electron chi connectivity index (χ3n) is 3.83. The summed E-state index contributed by atoms with van der Waals surface area (Å²) in [5, 5.41) is 4.36. The van der Waals surface area contributed by atoms with E-state index >= 15 is 0 Å². The summed E-state index contributed by atoms with van der Waals surface area (Å²) < 4.78 is 0. The van der Waals surface area contributed by atoms with Crippen LogP contribution in [0.1, 0.15) is 44.6 Å². The van der Waals surface area contributed by atoms with Crippen molar-refractivity contribution in [2.45, 2.75) is 51.6 Å². The number of halogens is 1. The summed E-state index contributed by atoms with van der Waals surface area (Å²) in [7, 11) is 0. The van der Waals surface area contributed by atoms with Crippen LogP contribution < -0.4 is 5.32 Å². The third-order valence-corrected chi connectivity index (χ3v) is 4.17. The Hall–Kier alpha value is -0.600. The van der Waals surface area contributed by atoms with E-state index in [9.17, 15) is 0 Å². The SMILES string of the molecule is C[C@@H](NCc1ccncc1Cl)C1CCCCC1. The molecule has 1 aliphatic carbocycles. The van der Waals surface area contributed by atoms with Gasteiger partial charge in [0, 0.05) is 25.0 Å². The van der Waals surface area contributed by atoms with Crippen LogP contribution in [-0.4, -0.2) is 11.0 Å². The van der Waals surface area contributed by atoms with Crippen LogP contribution in [0.25, 0.3) is 0 Å². The molecule has 2 nitrogen and oxygen atoms in total. The summed E-state index contributed by atoms with van der Waals surface area (Å²) in [5.74, 6) is 0.837. The molecule has 1 aliphatic rings. The van der Waals surface area contributed by atoms with E-state index in [-0.39, 0.29) is 0 Å². The highest BCUT2D eigenvalue weighted by atomic mass is 35.5. The van der Waals surface area contributed by atoms with Gasteiger partial charge in [0.25, 0.3) is 0 Å². The predicted molar refractivity (Wildman–Crippen MR) is 72.1 cm³/mol. The topological polar surface area (TPSA) is 24.9 Å². The fraction of sp³-hybridized carbons (Fsp3) is 0.643. The monoisotopic (exact) mass is 252 g/mol. The Balaban J connectivity index is 1.83. The molecule has 0 saturated heterocycles. The van der Waals surface area contributed by atoms with Gasteiger partial charge in [-0.05, 0) is 37.3 Å². The van der Waals surface area contributed by atoms with E-state index in [2.05, 4.69) is 17.2 Å². The lowest BCUT2D eigenvalue weighted by Crippen LogP contribution is -2.34. The molecule has 0 radical (unpaired) electrons. The van der Waals surface area contributed by atoms with Gasteiger partial charge in [-0.2, -0.15) is 0 Å². The third kappa shape index (κ3) is 3.68. The molecule has 0 aromatic carbocycles. The maximum absolute atomic E-state index is 6.09. The average Bonchev–Trinajstić information content (AvgIpc) is 2.38. The van der Waals surface area contributed by atoms with Gasteiger partial charge in [0.15, 0.2) is 0 Å². The molecule has 94 valence electrons. The Morgan fingerprint density at radius 2 is 2.18 bits per heavy atom. The number of pyridine rings is 1. The Morgan fingerprint density at radius 3 is 2.88 bits per heavy atom. The lowest BCUT2D eigenvalue weighted by atomic mass is 9.84. The zero-order valence-electron chi connectivity index (χ0n) is 10.5. The molecule has 17 heavy (non-hydrogen) atoms. The number of hydrogen-bond donors (Lipinski definition) is 1. The minimum atomic E-state index is 0.583. The lowest BCUT2D eigenvalue weighted by Gasteiger charge is -2.28. The molecule has 1 aromatic heterocycles. The first-order valence-corrected chi connectivity index (χ1v) is 6.97. The highest BCUT2D eigenvalue weighted by Crippen LogP contribution is 2.26. The molecule has 1 N–H and O–H groups in total. The van der Waals surface area contributed by atoms with Crippen LogP contribution in [0.3, 0.4) is 0 Å². The van der Waals surface area contributed by atoms with E-state index in [0.29, 0.717) is 6.04 Å². The van der Waals surface area contributed by atoms with Crippen molar-refractivity contribution in [2.75, 3.05) is 0 Å². The lowest BCUT2D eigenvalue weighted by molar-refractivity contribution is 0.280. The molecule has 1 aromatic rings. The molecule has 0 aliphatic heterocycles. The van der Waals surface area contributed by atoms with Crippen LogP contribution in [-0.2, 0) is 6.54 Å². The molecule has 1 atom stereocenters. The van der Waals surface area contributed by atoms with Crippen LogP contribution in [0.15, 0.2) is 18.5 Å². The number of hydrogen-bond acceptors (Lipinski definition) is 2. The highest BCUT2D eigenvalue weighted by molar-refractivity contribution is 6.31. The molecule has 2 rings (SSSR count). The maximum atomic E-state index is 6.09. The maximum Gasteiger partial charge on any atom is 0.0634 e. The van der Waals surface area contributed by atoms with Crippen LogP contribution in [0.4, 0.5) is 0 Å². The van der Waals surface area contributed by atoms with Gasteiger partial charge in [-0.15, -0.1) is 0 Å². The summed E-state index contributed by atoms with van der Waals surface area (Å²) in [4.78, 5) is 4.00. The fourth-order valence-electron chi connectivity index (χ4n) is 2.62. The van der Waals surface area contributed by atoms with Crippen LogP contribution in [0.5, 0.6) is 0 Å². The molecule has 1 saturated carbocycles. The van der Waals surface area contributed by atoms with Gasteiger partial charge in [-0.1, -0.05) is 30.9 Å². The van der Waals surface area contributed by atoms with E-state index in [0.717, 1.165) is 23.0 Å². The Labute approximate surface area is 109 Å². The van der Waals surface area contributed by atoms with Crippen molar-refractivity contribution < 1.29 is 0 Å². The first kappa shape index (κ1) is 12.8. The van der Waals surface area contributed by atoms with E-state index in [4.69, 9.17) is 11.6 Å². The molecule has 0 spiro atoms. The van der Waals surface area contributed by atoms with E-state index in [1.54, 1.807) is 12.4 Å². The first-order valence-electron chi connectivity index (χ1n) is 6.59. The van der Waals surface area contributed by atoms with Crippen LogP contribution in [0.2, 0.25) is 5.02 Å². The van der Waals surface area contributed by atoms with E-state index in [1.165, 1.54) is 32.1 Å². The quantitative estimate of drug-likeness (QED) is 0.882. The van der Waals surface area contributed by atoms with Crippen molar-refractivity contribution in [3.05, 3.63) is 29.0 Å². The summed E-state index contributed by atoms with van der Waals surface area (Å²) in [6.45, 7) is 3.14. The zero-order chi connectivity index (χ0) is 12.1. The van der Waals surface area contributed by atoms with Gasteiger partial charge >= 0.3 is 0 Å². The van der Waals surface area contributed by atoms with E-state index in [1.807, 2.05) is 6.07 Å².